The summed E-state index contributed by atoms with van der Waals surface area (Å²) < 4.78 is 0. The average molecular weight is 258 g/mol. The summed E-state index contributed by atoms with van der Waals surface area (Å²) >= 11 is 0. The molecule has 0 rings (SSSR count). The fraction of sp³-hybridized carbons (Fsp3) is 0.833. The molecule has 0 bridgehead atoms. The van der Waals surface area contributed by atoms with E-state index in [0.717, 1.165) is 0 Å². The standard InChI is InChI=1S/C12H26N4O2/c1-5-15(6-2)11(17)13-9-10-14-12(18)16(7-3)8-4/h5-10H2,1-4H3,(H,13,17)(H,14,18). The summed E-state index contributed by atoms with van der Waals surface area (Å²) in [4.78, 5) is 26.6. The zero-order valence-electron chi connectivity index (χ0n) is 12.0. The Morgan fingerprint density at radius 3 is 1.22 bits per heavy atom. The Balaban J connectivity index is 3.79. The van der Waals surface area contributed by atoms with Crippen molar-refractivity contribution >= 4 is 12.1 Å². The Bertz CT molecular complexity index is 224. The molecule has 18 heavy (non-hydrogen) atoms. The number of nitrogens with one attached hydrogen (secondary N) is 2. The van der Waals surface area contributed by atoms with E-state index in [-0.39, 0.29) is 12.1 Å². The van der Waals surface area contributed by atoms with Gasteiger partial charge in [0, 0.05) is 39.3 Å². The number of carbonyl (C=O) groups is 2. The number of carbonyl (C=O) groups excluding carboxylic acids is 2. The number of urea groups is 2. The fourth-order valence-electron chi connectivity index (χ4n) is 1.58. The molecule has 0 aliphatic rings. The zero-order valence-corrected chi connectivity index (χ0v) is 12.0. The van der Waals surface area contributed by atoms with Crippen molar-refractivity contribution in [2.45, 2.75) is 27.7 Å². The van der Waals surface area contributed by atoms with Crippen molar-refractivity contribution < 1.29 is 9.59 Å². The summed E-state index contributed by atoms with van der Waals surface area (Å²) in [5.74, 6) is 0. The number of nitrogens with zero attached hydrogens (tertiary/aromatic N) is 2. The van der Waals surface area contributed by atoms with Gasteiger partial charge in [0.25, 0.3) is 0 Å². The molecule has 6 nitrogen and oxygen atoms in total. The molecule has 0 aliphatic carbocycles. The van der Waals surface area contributed by atoms with Crippen molar-refractivity contribution in [2.75, 3.05) is 39.3 Å². The van der Waals surface area contributed by atoms with Crippen LogP contribution in [-0.2, 0) is 0 Å². The predicted molar refractivity (Wildman–Crippen MR) is 72.6 cm³/mol. The summed E-state index contributed by atoms with van der Waals surface area (Å²) in [7, 11) is 0. The SMILES string of the molecule is CCN(CC)C(=O)NCCNC(=O)N(CC)CC. The Hall–Kier alpha value is -1.46. The normalized spacial score (nSPS) is 9.78. The van der Waals surface area contributed by atoms with Crippen LogP contribution < -0.4 is 10.6 Å². The van der Waals surface area contributed by atoms with Gasteiger partial charge in [0.1, 0.15) is 0 Å². The van der Waals surface area contributed by atoms with Crippen LogP contribution in [0, 0.1) is 0 Å². The first-order valence-corrected chi connectivity index (χ1v) is 6.66. The lowest BCUT2D eigenvalue weighted by Crippen LogP contribution is -2.45. The largest absolute Gasteiger partial charge is 0.336 e. The molecule has 4 amide bonds. The van der Waals surface area contributed by atoms with Gasteiger partial charge in [-0.15, -0.1) is 0 Å². The van der Waals surface area contributed by atoms with Gasteiger partial charge in [-0.25, -0.2) is 9.59 Å². The Labute approximate surface area is 110 Å². The van der Waals surface area contributed by atoms with Crippen molar-refractivity contribution in [2.24, 2.45) is 0 Å². The van der Waals surface area contributed by atoms with E-state index in [1.165, 1.54) is 0 Å². The molecule has 0 saturated heterocycles. The molecule has 0 aromatic carbocycles. The first-order valence-electron chi connectivity index (χ1n) is 6.66. The molecule has 0 aliphatic heterocycles. The Kier molecular flexibility index (Phi) is 8.78. The van der Waals surface area contributed by atoms with Crippen LogP contribution in [0.25, 0.3) is 0 Å². The predicted octanol–water partition coefficient (Wildman–Crippen LogP) is 1.09. The van der Waals surface area contributed by atoms with Gasteiger partial charge in [0.05, 0.1) is 0 Å². The highest BCUT2D eigenvalue weighted by Gasteiger charge is 2.09. The molecule has 6 heteroatoms. The molecule has 0 saturated carbocycles. The van der Waals surface area contributed by atoms with Crippen LogP contribution >= 0.6 is 0 Å². The maximum atomic E-state index is 11.6. The van der Waals surface area contributed by atoms with Crippen LogP contribution in [0.2, 0.25) is 0 Å². The third-order valence-electron chi connectivity index (χ3n) is 2.78. The number of rotatable bonds is 7. The monoisotopic (exact) mass is 258 g/mol. The van der Waals surface area contributed by atoms with Crippen molar-refractivity contribution in [3.63, 3.8) is 0 Å². The third kappa shape index (κ3) is 5.75. The van der Waals surface area contributed by atoms with E-state index in [1.54, 1.807) is 9.80 Å². The van der Waals surface area contributed by atoms with Gasteiger partial charge in [0.2, 0.25) is 0 Å². The molecule has 0 radical (unpaired) electrons. The van der Waals surface area contributed by atoms with E-state index in [0.29, 0.717) is 39.3 Å². The summed E-state index contributed by atoms with van der Waals surface area (Å²) in [6.07, 6.45) is 0. The number of hydrogen-bond acceptors (Lipinski definition) is 2. The van der Waals surface area contributed by atoms with Gasteiger partial charge in [-0.2, -0.15) is 0 Å². The average Bonchev–Trinajstić information content (AvgIpc) is 2.37. The quantitative estimate of drug-likeness (QED) is 0.671. The first kappa shape index (κ1) is 16.5. The van der Waals surface area contributed by atoms with Crippen molar-refractivity contribution in [3.05, 3.63) is 0 Å². The fourth-order valence-corrected chi connectivity index (χ4v) is 1.58. The van der Waals surface area contributed by atoms with E-state index in [4.69, 9.17) is 0 Å². The van der Waals surface area contributed by atoms with E-state index in [1.807, 2.05) is 27.7 Å². The molecule has 0 heterocycles. The number of amides is 4. The Morgan fingerprint density at radius 1 is 0.722 bits per heavy atom. The second kappa shape index (κ2) is 9.56. The van der Waals surface area contributed by atoms with Crippen LogP contribution in [0.3, 0.4) is 0 Å². The molecular formula is C12H26N4O2. The van der Waals surface area contributed by atoms with Crippen molar-refractivity contribution in [3.8, 4) is 0 Å². The molecular weight excluding hydrogens is 232 g/mol. The van der Waals surface area contributed by atoms with Gasteiger partial charge in [0.15, 0.2) is 0 Å². The minimum absolute atomic E-state index is 0.0860. The molecule has 0 atom stereocenters. The van der Waals surface area contributed by atoms with E-state index < -0.39 is 0 Å². The Morgan fingerprint density at radius 2 is 1.00 bits per heavy atom. The second-order valence-corrected chi connectivity index (χ2v) is 3.81. The molecule has 2 N–H and O–H groups in total. The maximum absolute atomic E-state index is 11.6. The van der Waals surface area contributed by atoms with Gasteiger partial charge in [-0.3, -0.25) is 0 Å². The lowest BCUT2D eigenvalue weighted by Gasteiger charge is -2.21. The van der Waals surface area contributed by atoms with Crippen LogP contribution in [-0.4, -0.2) is 61.1 Å². The van der Waals surface area contributed by atoms with Crippen LogP contribution in [0.1, 0.15) is 27.7 Å². The lowest BCUT2D eigenvalue weighted by atomic mass is 10.5. The van der Waals surface area contributed by atoms with Crippen LogP contribution in [0.15, 0.2) is 0 Å². The highest BCUT2D eigenvalue weighted by atomic mass is 16.2. The van der Waals surface area contributed by atoms with Gasteiger partial charge >= 0.3 is 12.1 Å². The molecule has 0 aromatic heterocycles. The molecule has 0 fully saturated rings. The summed E-state index contributed by atoms with van der Waals surface area (Å²) in [6.45, 7) is 11.4. The summed E-state index contributed by atoms with van der Waals surface area (Å²) in [5.41, 5.74) is 0. The van der Waals surface area contributed by atoms with Crippen molar-refractivity contribution in [1.29, 1.82) is 0 Å². The van der Waals surface area contributed by atoms with Crippen LogP contribution in [0.4, 0.5) is 9.59 Å². The highest BCUT2D eigenvalue weighted by Crippen LogP contribution is 1.88. The topological polar surface area (TPSA) is 64.7 Å². The summed E-state index contributed by atoms with van der Waals surface area (Å²) in [5, 5.41) is 5.54. The van der Waals surface area contributed by atoms with Gasteiger partial charge < -0.3 is 20.4 Å². The third-order valence-corrected chi connectivity index (χ3v) is 2.78. The zero-order chi connectivity index (χ0) is 14.0. The van der Waals surface area contributed by atoms with E-state index in [9.17, 15) is 9.59 Å². The molecule has 0 spiro atoms. The smallest absolute Gasteiger partial charge is 0.317 e. The minimum atomic E-state index is -0.0860. The molecule has 0 unspecified atom stereocenters. The lowest BCUT2D eigenvalue weighted by molar-refractivity contribution is 0.198. The molecule has 0 aromatic rings. The van der Waals surface area contributed by atoms with Gasteiger partial charge in [-0.1, -0.05) is 0 Å². The van der Waals surface area contributed by atoms with Crippen molar-refractivity contribution in [1.82, 2.24) is 20.4 Å². The van der Waals surface area contributed by atoms with Crippen LogP contribution in [0.5, 0.6) is 0 Å². The van der Waals surface area contributed by atoms with E-state index >= 15 is 0 Å². The summed E-state index contributed by atoms with van der Waals surface area (Å²) in [6, 6.07) is -0.172. The molecule has 106 valence electrons. The highest BCUT2D eigenvalue weighted by molar-refractivity contribution is 5.75. The number of hydrogen-bond donors (Lipinski definition) is 2. The first-order chi connectivity index (χ1) is 8.60. The van der Waals surface area contributed by atoms with E-state index in [2.05, 4.69) is 10.6 Å². The maximum Gasteiger partial charge on any atom is 0.317 e. The second-order valence-electron chi connectivity index (χ2n) is 3.81. The minimum Gasteiger partial charge on any atom is -0.336 e. The van der Waals surface area contributed by atoms with Gasteiger partial charge in [-0.05, 0) is 27.7 Å².